The third kappa shape index (κ3) is 5.70. The highest BCUT2D eigenvalue weighted by atomic mass is 19.1. The summed E-state index contributed by atoms with van der Waals surface area (Å²) >= 11 is 0. The molecule has 0 heterocycles. The van der Waals surface area contributed by atoms with Crippen LogP contribution in [0.3, 0.4) is 0 Å². The molecule has 1 saturated carbocycles. The molecule has 0 atom stereocenters. The summed E-state index contributed by atoms with van der Waals surface area (Å²) in [6, 6.07) is 13.4. The Balaban J connectivity index is 1.68. The van der Waals surface area contributed by atoms with E-state index >= 15 is 0 Å². The maximum Gasteiger partial charge on any atom is 0.170 e. The minimum atomic E-state index is -0.241. The van der Waals surface area contributed by atoms with Gasteiger partial charge in [0, 0.05) is 5.56 Å². The van der Waals surface area contributed by atoms with Crippen molar-refractivity contribution in [2.75, 3.05) is 7.11 Å². The van der Waals surface area contributed by atoms with Gasteiger partial charge in [0.1, 0.15) is 19.0 Å². The lowest BCUT2D eigenvalue weighted by molar-refractivity contribution is -0.706. The van der Waals surface area contributed by atoms with Crippen molar-refractivity contribution in [1.29, 1.82) is 0 Å². The van der Waals surface area contributed by atoms with Crippen LogP contribution in [0.4, 0.5) is 4.39 Å². The zero-order chi connectivity index (χ0) is 18.9. The first-order valence-corrected chi connectivity index (χ1v) is 10.1. The fourth-order valence-corrected chi connectivity index (χ4v) is 3.83. The number of hydrogen-bond acceptors (Lipinski definition) is 2. The van der Waals surface area contributed by atoms with Crippen molar-refractivity contribution in [3.8, 4) is 11.5 Å². The van der Waals surface area contributed by atoms with Gasteiger partial charge < -0.3 is 14.8 Å². The number of ether oxygens (including phenoxy) is 2. The molecule has 0 radical (unpaired) electrons. The molecule has 1 fully saturated rings. The lowest BCUT2D eigenvalue weighted by Crippen LogP contribution is -2.88. The lowest BCUT2D eigenvalue weighted by atomic mass is 9.96. The van der Waals surface area contributed by atoms with Crippen LogP contribution in [0.5, 0.6) is 11.5 Å². The molecule has 4 heteroatoms. The van der Waals surface area contributed by atoms with Crippen LogP contribution in [0.25, 0.3) is 0 Å². The predicted molar refractivity (Wildman–Crippen MR) is 105 cm³/mol. The zero-order valence-corrected chi connectivity index (χ0v) is 16.3. The molecule has 0 amide bonds. The number of quaternary nitrogens is 1. The summed E-state index contributed by atoms with van der Waals surface area (Å²) in [6.45, 7) is 1.05. The van der Waals surface area contributed by atoms with Crippen molar-refractivity contribution >= 4 is 0 Å². The van der Waals surface area contributed by atoms with Crippen molar-refractivity contribution in [1.82, 2.24) is 0 Å². The molecule has 2 aromatic carbocycles. The molecule has 2 N–H and O–H groups in total. The van der Waals surface area contributed by atoms with Crippen LogP contribution in [-0.4, -0.2) is 13.2 Å². The van der Waals surface area contributed by atoms with E-state index in [2.05, 4.69) is 11.4 Å². The van der Waals surface area contributed by atoms with Crippen LogP contribution in [0, 0.1) is 5.82 Å². The van der Waals surface area contributed by atoms with Crippen molar-refractivity contribution in [3.05, 3.63) is 59.4 Å². The summed E-state index contributed by atoms with van der Waals surface area (Å²) in [6.07, 6.45) is 9.34. The average Bonchev–Trinajstić information content (AvgIpc) is 2.66. The largest absolute Gasteiger partial charge is 0.493 e. The molecule has 0 bridgehead atoms. The fraction of sp³-hybridized carbons (Fsp3) is 0.478. The molecule has 0 unspecified atom stereocenters. The second-order valence-corrected chi connectivity index (χ2v) is 7.37. The van der Waals surface area contributed by atoms with Gasteiger partial charge in [-0.25, -0.2) is 4.39 Å². The molecule has 0 spiro atoms. The van der Waals surface area contributed by atoms with Crippen molar-refractivity contribution < 1.29 is 19.2 Å². The summed E-state index contributed by atoms with van der Waals surface area (Å²) in [5, 5.41) is 2.44. The molecule has 1 aliphatic rings. The van der Waals surface area contributed by atoms with Crippen LogP contribution in [0.15, 0.2) is 42.5 Å². The van der Waals surface area contributed by atoms with Crippen molar-refractivity contribution in [2.24, 2.45) is 0 Å². The number of hydrogen-bond donors (Lipinski definition) is 1. The summed E-state index contributed by atoms with van der Waals surface area (Å²) < 4.78 is 25.4. The van der Waals surface area contributed by atoms with Gasteiger partial charge in [-0.05, 0) is 43.9 Å². The zero-order valence-electron chi connectivity index (χ0n) is 16.3. The Morgan fingerprint density at radius 1 is 0.926 bits per heavy atom. The number of rotatable bonds is 7. The van der Waals surface area contributed by atoms with E-state index in [0.29, 0.717) is 17.4 Å². The van der Waals surface area contributed by atoms with Crippen LogP contribution in [0.2, 0.25) is 0 Å². The van der Waals surface area contributed by atoms with E-state index < -0.39 is 0 Å². The van der Waals surface area contributed by atoms with Gasteiger partial charge in [0.2, 0.25) is 0 Å². The van der Waals surface area contributed by atoms with E-state index in [-0.39, 0.29) is 12.4 Å². The van der Waals surface area contributed by atoms with Gasteiger partial charge in [-0.15, -0.1) is 0 Å². The topological polar surface area (TPSA) is 35.1 Å². The average molecular weight is 373 g/mol. The second kappa shape index (κ2) is 10.3. The smallest absolute Gasteiger partial charge is 0.170 e. The highest BCUT2D eigenvalue weighted by molar-refractivity contribution is 5.46. The molecule has 27 heavy (non-hydrogen) atoms. The van der Waals surface area contributed by atoms with Gasteiger partial charge in [-0.1, -0.05) is 43.5 Å². The molecule has 0 aromatic heterocycles. The molecule has 1 aliphatic carbocycles. The Labute approximate surface area is 161 Å². The summed E-state index contributed by atoms with van der Waals surface area (Å²) in [7, 11) is 1.65. The number of nitrogens with two attached hydrogens (primary N) is 1. The van der Waals surface area contributed by atoms with Crippen LogP contribution >= 0.6 is 0 Å². The maximum absolute atomic E-state index is 13.9. The quantitative estimate of drug-likeness (QED) is 0.771. The minimum absolute atomic E-state index is 0.198. The Morgan fingerprint density at radius 2 is 1.63 bits per heavy atom. The molecular weight excluding hydrogens is 341 g/mol. The van der Waals surface area contributed by atoms with Gasteiger partial charge in [0.25, 0.3) is 0 Å². The van der Waals surface area contributed by atoms with E-state index in [9.17, 15) is 4.39 Å². The van der Waals surface area contributed by atoms with Gasteiger partial charge in [-0.2, -0.15) is 0 Å². The summed E-state index contributed by atoms with van der Waals surface area (Å²) in [4.78, 5) is 0. The van der Waals surface area contributed by atoms with Crippen molar-refractivity contribution in [2.45, 2.75) is 64.1 Å². The first-order valence-electron chi connectivity index (χ1n) is 10.1. The highest BCUT2D eigenvalue weighted by Gasteiger charge is 2.17. The molecule has 0 saturated heterocycles. The Hall–Kier alpha value is -2.07. The van der Waals surface area contributed by atoms with Gasteiger partial charge in [0.15, 0.2) is 11.5 Å². The maximum atomic E-state index is 13.9. The number of halogens is 1. The second-order valence-electron chi connectivity index (χ2n) is 7.37. The van der Waals surface area contributed by atoms with Crippen molar-refractivity contribution in [3.63, 3.8) is 0 Å². The molecule has 0 aliphatic heterocycles. The molecule has 3 rings (SSSR count). The molecule has 3 nitrogen and oxygen atoms in total. The number of benzene rings is 2. The SMILES string of the molecule is COc1cccc(C[NH2+]C2CCCCCCC2)c1OCc1ccccc1F. The lowest BCUT2D eigenvalue weighted by Gasteiger charge is -2.20. The molecule has 146 valence electrons. The summed E-state index contributed by atoms with van der Waals surface area (Å²) in [5.41, 5.74) is 1.66. The standard InChI is InChI=1S/C23H30FNO2/c1-26-22-15-9-11-18(16-25-20-12-5-3-2-4-6-13-20)23(22)27-17-19-10-7-8-14-21(19)24/h7-11,14-15,20,25H,2-6,12-13,16-17H2,1H3/p+1. The molecular formula is C23H31FNO2+. The van der Waals surface area contributed by atoms with E-state index in [1.165, 1.54) is 51.0 Å². The van der Waals surface area contributed by atoms with E-state index in [4.69, 9.17) is 9.47 Å². The van der Waals surface area contributed by atoms with E-state index in [0.717, 1.165) is 17.9 Å². The van der Waals surface area contributed by atoms with Crippen LogP contribution in [-0.2, 0) is 13.2 Å². The monoisotopic (exact) mass is 372 g/mol. The van der Waals surface area contributed by atoms with E-state index in [1.807, 2.05) is 18.2 Å². The third-order valence-corrected chi connectivity index (χ3v) is 5.43. The van der Waals surface area contributed by atoms with Gasteiger partial charge >= 0.3 is 0 Å². The number of para-hydroxylation sites is 1. The summed E-state index contributed by atoms with van der Waals surface area (Å²) in [5.74, 6) is 1.19. The number of methoxy groups -OCH3 is 1. The van der Waals surface area contributed by atoms with Crippen LogP contribution in [0.1, 0.15) is 56.1 Å². The normalized spacial score (nSPS) is 15.8. The predicted octanol–water partition coefficient (Wildman–Crippen LogP) is 4.59. The van der Waals surface area contributed by atoms with E-state index in [1.54, 1.807) is 19.2 Å². The van der Waals surface area contributed by atoms with Gasteiger partial charge in [-0.3, -0.25) is 0 Å². The van der Waals surface area contributed by atoms with Crippen LogP contribution < -0.4 is 14.8 Å². The first-order chi connectivity index (χ1) is 13.3. The first kappa shape index (κ1) is 19.7. The van der Waals surface area contributed by atoms with Gasteiger partial charge in [0.05, 0.1) is 18.7 Å². The minimum Gasteiger partial charge on any atom is -0.493 e. The Bertz CT molecular complexity index is 711. The highest BCUT2D eigenvalue weighted by Crippen LogP contribution is 2.31. The fourth-order valence-electron chi connectivity index (χ4n) is 3.83. The third-order valence-electron chi connectivity index (χ3n) is 5.43. The Kier molecular flexibility index (Phi) is 7.52. The Morgan fingerprint density at radius 3 is 2.37 bits per heavy atom. The molecule has 2 aromatic rings.